The van der Waals surface area contributed by atoms with Crippen LogP contribution in [0.15, 0.2) is 53.4 Å². The quantitative estimate of drug-likeness (QED) is 0.434. The van der Waals surface area contributed by atoms with Crippen molar-refractivity contribution in [1.82, 2.24) is 4.31 Å². The molecule has 1 heterocycles. The van der Waals surface area contributed by atoms with E-state index >= 15 is 0 Å². The Morgan fingerprint density at radius 1 is 0.968 bits per heavy atom. The van der Waals surface area contributed by atoms with E-state index in [4.69, 9.17) is 10.3 Å². The lowest BCUT2D eigenvalue weighted by atomic mass is 10.1. The number of carbonyl (C=O) groups is 1. The SMILES string of the molecule is Cc1ccc(S(=O)(=O)O)cc1.NCC(=O)c1ccc(NS(=O)(=O)N2CCCCC2)cc1. The molecular formula is C20H27N3O6S2. The van der Waals surface area contributed by atoms with Gasteiger partial charge < -0.3 is 5.73 Å². The van der Waals surface area contributed by atoms with E-state index in [1.807, 2.05) is 6.92 Å². The fourth-order valence-corrected chi connectivity index (χ4v) is 4.65. The molecule has 11 heteroatoms. The van der Waals surface area contributed by atoms with Gasteiger partial charge in [-0.25, -0.2) is 0 Å². The van der Waals surface area contributed by atoms with E-state index < -0.39 is 20.3 Å². The molecule has 1 saturated heterocycles. The molecule has 0 spiro atoms. The second-order valence-electron chi connectivity index (χ2n) is 7.06. The van der Waals surface area contributed by atoms with Crippen molar-refractivity contribution in [3.8, 4) is 0 Å². The van der Waals surface area contributed by atoms with Gasteiger partial charge in [-0.1, -0.05) is 24.1 Å². The van der Waals surface area contributed by atoms with E-state index in [0.717, 1.165) is 24.8 Å². The smallest absolute Gasteiger partial charge is 0.301 e. The Bertz CT molecular complexity index is 1080. The third-order valence-corrected chi connectivity index (χ3v) is 7.02. The molecule has 2 aromatic rings. The van der Waals surface area contributed by atoms with Crippen LogP contribution in [0.1, 0.15) is 35.2 Å². The van der Waals surface area contributed by atoms with Gasteiger partial charge in [0.2, 0.25) is 0 Å². The topological polar surface area (TPSA) is 147 Å². The maximum absolute atomic E-state index is 12.2. The minimum Gasteiger partial charge on any atom is -0.324 e. The van der Waals surface area contributed by atoms with Crippen molar-refractivity contribution in [2.45, 2.75) is 31.1 Å². The fraction of sp³-hybridized carbons (Fsp3) is 0.350. The molecule has 3 rings (SSSR count). The molecule has 170 valence electrons. The van der Waals surface area contributed by atoms with Crippen LogP contribution >= 0.6 is 0 Å². The van der Waals surface area contributed by atoms with Crippen LogP contribution in [-0.4, -0.2) is 51.1 Å². The molecular weight excluding hydrogens is 442 g/mol. The Morgan fingerprint density at radius 2 is 1.52 bits per heavy atom. The lowest BCUT2D eigenvalue weighted by molar-refractivity contribution is 0.100. The van der Waals surface area contributed by atoms with Crippen LogP contribution in [0.5, 0.6) is 0 Å². The van der Waals surface area contributed by atoms with Gasteiger partial charge in [-0.05, 0) is 56.2 Å². The summed E-state index contributed by atoms with van der Waals surface area (Å²) in [5.74, 6) is -0.171. The van der Waals surface area contributed by atoms with Crippen LogP contribution in [0.3, 0.4) is 0 Å². The average Bonchev–Trinajstić information content (AvgIpc) is 2.74. The summed E-state index contributed by atoms with van der Waals surface area (Å²) in [4.78, 5) is 11.3. The van der Waals surface area contributed by atoms with Gasteiger partial charge in [0.1, 0.15) is 0 Å². The Kier molecular flexibility index (Phi) is 8.71. The number of anilines is 1. The van der Waals surface area contributed by atoms with E-state index in [0.29, 0.717) is 24.3 Å². The lowest BCUT2D eigenvalue weighted by Crippen LogP contribution is -2.39. The average molecular weight is 470 g/mol. The molecule has 1 fully saturated rings. The van der Waals surface area contributed by atoms with Crippen LogP contribution < -0.4 is 10.5 Å². The molecule has 0 atom stereocenters. The standard InChI is InChI=1S/C13H19N3O3S.C7H8O3S/c14-10-13(17)11-4-6-12(7-5-11)15-20(18,19)16-8-2-1-3-9-16;1-6-2-4-7(5-3-6)11(8,9)10/h4-7,15H,1-3,8-10,14H2;2-5H,1H3,(H,8,9,10). The summed E-state index contributed by atoms with van der Waals surface area (Å²) in [6, 6.07) is 12.3. The van der Waals surface area contributed by atoms with Crippen molar-refractivity contribution in [3.05, 3.63) is 59.7 Å². The fourth-order valence-electron chi connectivity index (χ4n) is 2.87. The zero-order valence-electron chi connectivity index (χ0n) is 17.2. The summed E-state index contributed by atoms with van der Waals surface area (Å²) in [6.07, 6.45) is 2.86. The molecule has 0 radical (unpaired) electrons. The van der Waals surface area contributed by atoms with Gasteiger partial charge in [0.05, 0.1) is 11.4 Å². The van der Waals surface area contributed by atoms with Crippen LogP contribution in [0.25, 0.3) is 0 Å². The van der Waals surface area contributed by atoms with Gasteiger partial charge in [-0.15, -0.1) is 0 Å². The molecule has 0 aliphatic carbocycles. The molecule has 0 bridgehead atoms. The van der Waals surface area contributed by atoms with Crippen molar-refractivity contribution in [1.29, 1.82) is 0 Å². The van der Waals surface area contributed by atoms with E-state index in [1.54, 1.807) is 36.4 Å². The number of nitrogens with one attached hydrogen (secondary N) is 1. The summed E-state index contributed by atoms with van der Waals surface area (Å²) in [5, 5.41) is 0. The zero-order valence-corrected chi connectivity index (χ0v) is 18.8. The maximum atomic E-state index is 12.2. The first kappa shape index (κ1) is 25.0. The van der Waals surface area contributed by atoms with Crippen LogP contribution in [0.2, 0.25) is 0 Å². The molecule has 0 aromatic heterocycles. The Labute approximate surface area is 183 Å². The van der Waals surface area contributed by atoms with Crippen LogP contribution in [-0.2, 0) is 20.3 Å². The van der Waals surface area contributed by atoms with Crippen molar-refractivity contribution in [2.24, 2.45) is 5.73 Å². The number of Topliss-reactive ketones (excluding diaryl/α,β-unsaturated/α-hetero) is 1. The Hall–Kier alpha value is -2.31. The first-order valence-corrected chi connectivity index (χ1v) is 12.6. The molecule has 31 heavy (non-hydrogen) atoms. The Balaban J connectivity index is 0.000000262. The molecule has 0 saturated carbocycles. The summed E-state index contributed by atoms with van der Waals surface area (Å²) in [6.45, 7) is 2.89. The summed E-state index contributed by atoms with van der Waals surface area (Å²) >= 11 is 0. The molecule has 9 nitrogen and oxygen atoms in total. The molecule has 1 aliphatic rings. The minimum atomic E-state index is -4.02. The molecule has 0 amide bonds. The molecule has 0 unspecified atom stereocenters. The van der Waals surface area contributed by atoms with E-state index in [1.165, 1.54) is 16.4 Å². The van der Waals surface area contributed by atoms with Crippen molar-refractivity contribution in [2.75, 3.05) is 24.4 Å². The zero-order chi connectivity index (χ0) is 23.1. The predicted molar refractivity (Wildman–Crippen MR) is 119 cm³/mol. The number of piperidine rings is 1. The summed E-state index contributed by atoms with van der Waals surface area (Å²) < 4.78 is 57.8. The molecule has 4 N–H and O–H groups in total. The normalized spacial score (nSPS) is 14.9. The number of nitrogens with zero attached hydrogens (tertiary/aromatic N) is 1. The second kappa shape index (κ2) is 10.8. The van der Waals surface area contributed by atoms with Gasteiger partial charge in [-0.3, -0.25) is 14.1 Å². The maximum Gasteiger partial charge on any atom is 0.301 e. The van der Waals surface area contributed by atoms with Gasteiger partial charge in [-0.2, -0.15) is 21.1 Å². The van der Waals surface area contributed by atoms with Gasteiger partial charge in [0.15, 0.2) is 5.78 Å². The number of rotatable bonds is 6. The highest BCUT2D eigenvalue weighted by Crippen LogP contribution is 2.17. The lowest BCUT2D eigenvalue weighted by Gasteiger charge is -2.26. The number of aryl methyl sites for hydroxylation is 1. The highest BCUT2D eigenvalue weighted by molar-refractivity contribution is 7.90. The predicted octanol–water partition coefficient (Wildman–Crippen LogP) is 2.21. The van der Waals surface area contributed by atoms with Crippen molar-refractivity contribution in [3.63, 3.8) is 0 Å². The molecule has 1 aliphatic heterocycles. The van der Waals surface area contributed by atoms with Crippen molar-refractivity contribution < 1.29 is 26.2 Å². The van der Waals surface area contributed by atoms with Crippen LogP contribution in [0.4, 0.5) is 5.69 Å². The monoisotopic (exact) mass is 469 g/mol. The number of hydrogen-bond acceptors (Lipinski definition) is 6. The van der Waals surface area contributed by atoms with E-state index in [2.05, 4.69) is 4.72 Å². The number of carbonyl (C=O) groups excluding carboxylic acids is 1. The highest BCUT2D eigenvalue weighted by Gasteiger charge is 2.23. The molecule has 2 aromatic carbocycles. The van der Waals surface area contributed by atoms with Gasteiger partial charge in [0.25, 0.3) is 10.1 Å². The minimum absolute atomic E-state index is 0.0567. The van der Waals surface area contributed by atoms with Crippen molar-refractivity contribution >= 4 is 31.8 Å². The number of ketones is 1. The number of hydrogen-bond donors (Lipinski definition) is 3. The first-order valence-electron chi connectivity index (χ1n) is 9.68. The third-order valence-electron chi connectivity index (χ3n) is 4.61. The summed E-state index contributed by atoms with van der Waals surface area (Å²) in [5.41, 5.74) is 7.16. The first-order chi connectivity index (χ1) is 14.5. The van der Waals surface area contributed by atoms with E-state index in [-0.39, 0.29) is 17.2 Å². The Morgan fingerprint density at radius 3 is 2.00 bits per heavy atom. The second-order valence-corrected chi connectivity index (χ2v) is 10.2. The summed E-state index contributed by atoms with van der Waals surface area (Å²) in [7, 11) is -7.52. The number of benzene rings is 2. The van der Waals surface area contributed by atoms with Gasteiger partial charge in [0, 0.05) is 24.3 Å². The highest BCUT2D eigenvalue weighted by atomic mass is 32.2. The van der Waals surface area contributed by atoms with Crippen LogP contribution in [0, 0.1) is 6.92 Å². The largest absolute Gasteiger partial charge is 0.324 e. The van der Waals surface area contributed by atoms with E-state index in [9.17, 15) is 21.6 Å². The van der Waals surface area contributed by atoms with Gasteiger partial charge >= 0.3 is 10.2 Å². The number of nitrogens with two attached hydrogens (primary N) is 1. The third kappa shape index (κ3) is 7.71.